The van der Waals surface area contributed by atoms with Crippen molar-refractivity contribution in [1.29, 1.82) is 0 Å². The van der Waals surface area contributed by atoms with Gasteiger partial charge < -0.3 is 5.32 Å². The highest BCUT2D eigenvalue weighted by Gasteiger charge is 1.99. The average Bonchev–Trinajstić information content (AvgIpc) is 2.20. The summed E-state index contributed by atoms with van der Waals surface area (Å²) < 4.78 is 0. The zero-order valence-corrected chi connectivity index (χ0v) is 10.5. The Bertz CT molecular complexity index is 300. The molecule has 1 aromatic rings. The SMILES string of the molecule is CCCCCCNc1ccc(Cl)cc1Cl. The molecule has 0 fully saturated rings. The van der Waals surface area contributed by atoms with Crippen LogP contribution in [0.2, 0.25) is 10.0 Å². The van der Waals surface area contributed by atoms with Crippen molar-refractivity contribution >= 4 is 28.9 Å². The molecular formula is C12H17Cl2N. The van der Waals surface area contributed by atoms with E-state index in [-0.39, 0.29) is 0 Å². The molecule has 1 aromatic carbocycles. The number of nitrogens with one attached hydrogen (secondary N) is 1. The Balaban J connectivity index is 2.31. The van der Waals surface area contributed by atoms with E-state index >= 15 is 0 Å². The first kappa shape index (κ1) is 12.7. The van der Waals surface area contributed by atoms with Gasteiger partial charge in [0.15, 0.2) is 0 Å². The van der Waals surface area contributed by atoms with Gasteiger partial charge in [-0.1, -0.05) is 49.4 Å². The number of hydrogen-bond acceptors (Lipinski definition) is 1. The third-order valence-electron chi connectivity index (χ3n) is 2.28. The highest BCUT2D eigenvalue weighted by Crippen LogP contribution is 2.25. The second-order valence-electron chi connectivity index (χ2n) is 3.61. The molecule has 0 aliphatic carbocycles. The molecule has 1 nitrogen and oxygen atoms in total. The predicted octanol–water partition coefficient (Wildman–Crippen LogP) is 4.99. The fourth-order valence-corrected chi connectivity index (χ4v) is 1.88. The molecule has 0 heterocycles. The molecule has 0 aromatic heterocycles. The standard InChI is InChI=1S/C12H17Cl2N/c1-2-3-4-5-8-15-12-7-6-10(13)9-11(12)14/h6-7,9,15H,2-5,8H2,1H3. The van der Waals surface area contributed by atoms with E-state index in [0.717, 1.165) is 12.2 Å². The lowest BCUT2D eigenvalue weighted by Gasteiger charge is -2.08. The summed E-state index contributed by atoms with van der Waals surface area (Å²) in [5.41, 5.74) is 0.970. The van der Waals surface area contributed by atoms with Crippen LogP contribution in [0, 0.1) is 0 Å². The van der Waals surface area contributed by atoms with Crippen LogP contribution in [0.5, 0.6) is 0 Å². The van der Waals surface area contributed by atoms with E-state index < -0.39 is 0 Å². The number of rotatable bonds is 6. The topological polar surface area (TPSA) is 12.0 Å². The Morgan fingerprint density at radius 2 is 1.93 bits per heavy atom. The summed E-state index contributed by atoms with van der Waals surface area (Å²) in [5, 5.41) is 4.68. The average molecular weight is 246 g/mol. The van der Waals surface area contributed by atoms with Crippen molar-refractivity contribution in [3.05, 3.63) is 28.2 Å². The number of benzene rings is 1. The molecule has 15 heavy (non-hydrogen) atoms. The van der Waals surface area contributed by atoms with Gasteiger partial charge in [0.25, 0.3) is 0 Å². The summed E-state index contributed by atoms with van der Waals surface area (Å²) >= 11 is 11.8. The van der Waals surface area contributed by atoms with Gasteiger partial charge in [-0.05, 0) is 24.6 Å². The smallest absolute Gasteiger partial charge is 0.0652 e. The van der Waals surface area contributed by atoms with Crippen LogP contribution in [-0.2, 0) is 0 Å². The van der Waals surface area contributed by atoms with Crippen molar-refractivity contribution < 1.29 is 0 Å². The lowest BCUT2D eigenvalue weighted by Crippen LogP contribution is -2.01. The monoisotopic (exact) mass is 245 g/mol. The molecule has 0 bridgehead atoms. The first-order chi connectivity index (χ1) is 7.24. The maximum atomic E-state index is 6.02. The van der Waals surface area contributed by atoms with Crippen LogP contribution in [0.25, 0.3) is 0 Å². The van der Waals surface area contributed by atoms with E-state index in [0.29, 0.717) is 10.0 Å². The lowest BCUT2D eigenvalue weighted by molar-refractivity contribution is 0.685. The van der Waals surface area contributed by atoms with Crippen LogP contribution >= 0.6 is 23.2 Å². The number of hydrogen-bond donors (Lipinski definition) is 1. The third kappa shape index (κ3) is 4.76. The van der Waals surface area contributed by atoms with E-state index in [1.54, 1.807) is 6.07 Å². The quantitative estimate of drug-likeness (QED) is 0.697. The van der Waals surface area contributed by atoms with Gasteiger partial charge in [-0.2, -0.15) is 0 Å². The van der Waals surface area contributed by atoms with Gasteiger partial charge in [0.1, 0.15) is 0 Å². The van der Waals surface area contributed by atoms with Gasteiger partial charge in [0, 0.05) is 11.6 Å². The maximum absolute atomic E-state index is 6.02. The van der Waals surface area contributed by atoms with Crippen molar-refractivity contribution in [2.45, 2.75) is 32.6 Å². The molecule has 0 spiro atoms. The van der Waals surface area contributed by atoms with Crippen LogP contribution in [0.1, 0.15) is 32.6 Å². The summed E-state index contributed by atoms with van der Waals surface area (Å²) in [7, 11) is 0. The van der Waals surface area contributed by atoms with Crippen LogP contribution in [0.4, 0.5) is 5.69 Å². The summed E-state index contributed by atoms with van der Waals surface area (Å²) in [6.45, 7) is 3.19. The van der Waals surface area contributed by atoms with Gasteiger partial charge in [-0.25, -0.2) is 0 Å². The molecule has 0 saturated heterocycles. The summed E-state index contributed by atoms with van der Waals surface area (Å²) in [6, 6.07) is 5.53. The van der Waals surface area contributed by atoms with E-state index in [9.17, 15) is 0 Å². The highest BCUT2D eigenvalue weighted by atomic mass is 35.5. The molecule has 0 radical (unpaired) electrons. The molecule has 3 heteroatoms. The Morgan fingerprint density at radius 1 is 1.13 bits per heavy atom. The Labute approximate surface area is 102 Å². The molecule has 0 amide bonds. The fourth-order valence-electron chi connectivity index (χ4n) is 1.41. The Hall–Kier alpha value is -0.400. The van der Waals surface area contributed by atoms with Crippen molar-refractivity contribution in [3.8, 4) is 0 Å². The van der Waals surface area contributed by atoms with Crippen LogP contribution < -0.4 is 5.32 Å². The zero-order valence-electron chi connectivity index (χ0n) is 9.02. The largest absolute Gasteiger partial charge is 0.384 e. The number of unbranched alkanes of at least 4 members (excludes halogenated alkanes) is 3. The van der Waals surface area contributed by atoms with Crippen molar-refractivity contribution in [2.75, 3.05) is 11.9 Å². The van der Waals surface area contributed by atoms with E-state index in [4.69, 9.17) is 23.2 Å². The Morgan fingerprint density at radius 3 is 2.60 bits per heavy atom. The van der Waals surface area contributed by atoms with Crippen LogP contribution in [0.15, 0.2) is 18.2 Å². The van der Waals surface area contributed by atoms with Gasteiger partial charge in [-0.15, -0.1) is 0 Å². The first-order valence-corrected chi connectivity index (χ1v) is 6.18. The lowest BCUT2D eigenvalue weighted by atomic mass is 10.2. The molecule has 0 aliphatic rings. The minimum atomic E-state index is 0.677. The number of halogens is 2. The zero-order chi connectivity index (χ0) is 11.1. The van der Waals surface area contributed by atoms with Crippen molar-refractivity contribution in [2.24, 2.45) is 0 Å². The normalized spacial score (nSPS) is 10.3. The van der Waals surface area contributed by atoms with Crippen LogP contribution in [-0.4, -0.2) is 6.54 Å². The second kappa shape index (κ2) is 6.97. The van der Waals surface area contributed by atoms with Gasteiger partial charge >= 0.3 is 0 Å². The highest BCUT2D eigenvalue weighted by molar-refractivity contribution is 6.36. The van der Waals surface area contributed by atoms with Crippen molar-refractivity contribution in [3.63, 3.8) is 0 Å². The van der Waals surface area contributed by atoms with E-state index in [2.05, 4.69) is 12.2 Å². The summed E-state index contributed by atoms with van der Waals surface area (Å²) in [4.78, 5) is 0. The van der Waals surface area contributed by atoms with E-state index in [1.807, 2.05) is 12.1 Å². The molecule has 1 N–H and O–H groups in total. The van der Waals surface area contributed by atoms with Crippen molar-refractivity contribution in [1.82, 2.24) is 0 Å². The maximum Gasteiger partial charge on any atom is 0.0652 e. The molecular weight excluding hydrogens is 229 g/mol. The Kier molecular flexibility index (Phi) is 5.89. The first-order valence-electron chi connectivity index (χ1n) is 5.43. The summed E-state index contributed by atoms with van der Waals surface area (Å²) in [6.07, 6.45) is 5.03. The van der Waals surface area contributed by atoms with Gasteiger partial charge in [0.05, 0.1) is 10.7 Å². The minimum Gasteiger partial charge on any atom is -0.384 e. The van der Waals surface area contributed by atoms with Gasteiger partial charge in [0.2, 0.25) is 0 Å². The molecule has 0 atom stereocenters. The van der Waals surface area contributed by atoms with E-state index in [1.165, 1.54) is 25.7 Å². The second-order valence-corrected chi connectivity index (χ2v) is 4.46. The van der Waals surface area contributed by atoms with Crippen LogP contribution in [0.3, 0.4) is 0 Å². The number of anilines is 1. The fraction of sp³-hybridized carbons (Fsp3) is 0.500. The minimum absolute atomic E-state index is 0.677. The summed E-state index contributed by atoms with van der Waals surface area (Å²) in [5.74, 6) is 0. The third-order valence-corrected chi connectivity index (χ3v) is 2.82. The molecule has 0 aliphatic heterocycles. The molecule has 0 saturated carbocycles. The molecule has 1 rings (SSSR count). The molecule has 0 unspecified atom stereocenters. The molecule has 84 valence electrons. The van der Waals surface area contributed by atoms with Gasteiger partial charge in [-0.3, -0.25) is 0 Å². The predicted molar refractivity (Wildman–Crippen MR) is 69.1 cm³/mol.